The van der Waals surface area contributed by atoms with Gasteiger partial charge < -0.3 is 21.7 Å². The van der Waals surface area contributed by atoms with Crippen molar-refractivity contribution in [2.75, 3.05) is 18.8 Å². The summed E-state index contributed by atoms with van der Waals surface area (Å²) < 4.78 is 0. The van der Waals surface area contributed by atoms with Crippen molar-refractivity contribution in [1.82, 2.24) is 30.9 Å². The second kappa shape index (κ2) is 12.7. The average molecular weight is 510 g/mol. The molecule has 4 rings (SSSR count). The average Bonchev–Trinajstić information content (AvgIpc) is 2.96. The molecule has 0 radical (unpaired) electrons. The number of anilines is 1. The zero-order valence-electron chi connectivity index (χ0n) is 20.6. The number of pyridine rings is 1. The van der Waals surface area contributed by atoms with E-state index in [4.69, 9.17) is 5.73 Å². The fraction of sp³-hybridized carbons (Fsp3) is 0.143. The quantitative estimate of drug-likeness (QED) is 0.240. The molecule has 10 heteroatoms. The van der Waals surface area contributed by atoms with Crippen LogP contribution in [-0.2, 0) is 6.54 Å². The molecule has 3 amide bonds. The number of amides is 3. The van der Waals surface area contributed by atoms with E-state index in [1.54, 1.807) is 48.8 Å². The monoisotopic (exact) mass is 509 g/mol. The van der Waals surface area contributed by atoms with E-state index in [0.29, 0.717) is 48.4 Å². The van der Waals surface area contributed by atoms with Crippen LogP contribution in [0.25, 0.3) is 11.3 Å². The van der Waals surface area contributed by atoms with Gasteiger partial charge in [0.15, 0.2) is 11.5 Å². The Morgan fingerprint density at radius 1 is 0.763 bits per heavy atom. The largest absolute Gasteiger partial charge is 0.382 e. The molecule has 192 valence electrons. The molecule has 0 aliphatic heterocycles. The van der Waals surface area contributed by atoms with E-state index in [1.807, 2.05) is 30.3 Å². The second-order valence-electron chi connectivity index (χ2n) is 8.34. The number of carbonyl (C=O) groups is 3. The molecule has 0 bridgehead atoms. The van der Waals surface area contributed by atoms with Crippen LogP contribution in [0, 0.1) is 0 Å². The minimum atomic E-state index is -0.478. The molecule has 4 aromatic rings. The Kier molecular flexibility index (Phi) is 8.69. The van der Waals surface area contributed by atoms with Crippen LogP contribution in [0.2, 0.25) is 0 Å². The first kappa shape index (κ1) is 26.0. The Morgan fingerprint density at radius 2 is 1.47 bits per heavy atom. The number of hydrogen-bond acceptors (Lipinski definition) is 7. The summed E-state index contributed by atoms with van der Waals surface area (Å²) in [6.45, 7) is 1.09. The molecule has 0 aliphatic rings. The van der Waals surface area contributed by atoms with Gasteiger partial charge in [-0.3, -0.25) is 19.4 Å². The number of carbonyl (C=O) groups excluding carboxylic acids is 3. The molecule has 38 heavy (non-hydrogen) atoms. The normalized spacial score (nSPS) is 10.4. The Morgan fingerprint density at radius 3 is 2.24 bits per heavy atom. The van der Waals surface area contributed by atoms with E-state index in [9.17, 15) is 14.4 Å². The van der Waals surface area contributed by atoms with Crippen molar-refractivity contribution in [2.45, 2.75) is 13.0 Å². The predicted molar refractivity (Wildman–Crippen MR) is 143 cm³/mol. The summed E-state index contributed by atoms with van der Waals surface area (Å²) >= 11 is 0. The summed E-state index contributed by atoms with van der Waals surface area (Å²) in [5.41, 5.74) is 8.90. The summed E-state index contributed by atoms with van der Waals surface area (Å²) in [6, 6.07) is 19.8. The van der Waals surface area contributed by atoms with E-state index < -0.39 is 5.91 Å². The van der Waals surface area contributed by atoms with Crippen LogP contribution in [-0.4, -0.2) is 45.8 Å². The third-order valence-electron chi connectivity index (χ3n) is 5.60. The van der Waals surface area contributed by atoms with E-state index in [0.717, 1.165) is 5.56 Å². The summed E-state index contributed by atoms with van der Waals surface area (Å²) in [5.74, 6) is -0.923. The van der Waals surface area contributed by atoms with Crippen molar-refractivity contribution in [3.63, 3.8) is 0 Å². The van der Waals surface area contributed by atoms with Crippen molar-refractivity contribution < 1.29 is 14.4 Å². The Bertz CT molecular complexity index is 1410. The van der Waals surface area contributed by atoms with Crippen LogP contribution in [0.15, 0.2) is 85.3 Å². The van der Waals surface area contributed by atoms with E-state index in [2.05, 4.69) is 30.9 Å². The molecule has 2 aromatic heterocycles. The van der Waals surface area contributed by atoms with Gasteiger partial charge in [-0.05, 0) is 36.2 Å². The second-order valence-corrected chi connectivity index (χ2v) is 8.34. The standard InChI is InChI=1S/C28H27N7O3/c29-25-24(28(38)32-13-5-12-31-26(36)20-10-14-30-15-11-20)35-23(18-33-25)21-8-4-9-22(16-21)27(37)34-17-19-6-2-1-3-7-19/h1-4,6-11,14-16,18H,5,12-13,17H2,(H2,29,33)(H,31,36)(H,32,38)(H,34,37). The van der Waals surface area contributed by atoms with Crippen molar-refractivity contribution >= 4 is 23.5 Å². The van der Waals surface area contributed by atoms with Gasteiger partial charge in [0.05, 0.1) is 11.9 Å². The predicted octanol–water partition coefficient (Wildman–Crippen LogP) is 2.60. The number of nitrogens with two attached hydrogens (primary N) is 1. The minimum Gasteiger partial charge on any atom is -0.382 e. The lowest BCUT2D eigenvalue weighted by Crippen LogP contribution is -2.31. The van der Waals surface area contributed by atoms with Crippen LogP contribution in [0.5, 0.6) is 0 Å². The number of nitrogens with zero attached hydrogens (tertiary/aromatic N) is 3. The molecule has 0 spiro atoms. The molecule has 2 heterocycles. The van der Waals surface area contributed by atoms with Crippen LogP contribution in [0.4, 0.5) is 5.82 Å². The van der Waals surface area contributed by atoms with Gasteiger partial charge in [-0.25, -0.2) is 9.97 Å². The number of hydrogen-bond donors (Lipinski definition) is 4. The third-order valence-corrected chi connectivity index (χ3v) is 5.60. The van der Waals surface area contributed by atoms with Gasteiger partial charge in [0.25, 0.3) is 17.7 Å². The maximum atomic E-state index is 12.7. The topological polar surface area (TPSA) is 152 Å². The zero-order valence-corrected chi connectivity index (χ0v) is 20.6. The van der Waals surface area contributed by atoms with Crippen LogP contribution in [0.3, 0.4) is 0 Å². The van der Waals surface area contributed by atoms with Crippen molar-refractivity contribution in [2.24, 2.45) is 0 Å². The molecular formula is C28H27N7O3. The number of nitrogen functional groups attached to an aromatic ring is 1. The Labute approximate surface area is 219 Å². The van der Waals surface area contributed by atoms with Gasteiger partial charge in [0.2, 0.25) is 0 Å². The van der Waals surface area contributed by atoms with Gasteiger partial charge in [-0.2, -0.15) is 0 Å². The van der Waals surface area contributed by atoms with Crippen LogP contribution < -0.4 is 21.7 Å². The van der Waals surface area contributed by atoms with Crippen molar-refractivity contribution in [3.8, 4) is 11.3 Å². The van der Waals surface area contributed by atoms with Gasteiger partial charge in [0, 0.05) is 48.7 Å². The maximum Gasteiger partial charge on any atom is 0.273 e. The molecule has 0 aliphatic carbocycles. The highest BCUT2D eigenvalue weighted by atomic mass is 16.2. The SMILES string of the molecule is Nc1ncc(-c2cccc(C(=O)NCc3ccccc3)c2)nc1C(=O)NCCCNC(=O)c1ccncc1. The van der Waals surface area contributed by atoms with Crippen molar-refractivity contribution in [1.29, 1.82) is 0 Å². The lowest BCUT2D eigenvalue weighted by molar-refractivity contribution is 0.0938. The van der Waals surface area contributed by atoms with Gasteiger partial charge in [-0.1, -0.05) is 42.5 Å². The molecule has 5 N–H and O–H groups in total. The molecule has 0 saturated heterocycles. The summed E-state index contributed by atoms with van der Waals surface area (Å²) in [5, 5.41) is 8.42. The molecular weight excluding hydrogens is 482 g/mol. The van der Waals surface area contributed by atoms with Crippen molar-refractivity contribution in [3.05, 3.63) is 108 Å². The molecule has 0 atom stereocenters. The zero-order chi connectivity index (χ0) is 26.7. The molecule has 2 aromatic carbocycles. The minimum absolute atomic E-state index is 0.00556. The highest BCUT2D eigenvalue weighted by Gasteiger charge is 2.15. The van der Waals surface area contributed by atoms with E-state index in [1.165, 1.54) is 6.20 Å². The van der Waals surface area contributed by atoms with Crippen LogP contribution >= 0.6 is 0 Å². The summed E-state index contributed by atoms with van der Waals surface area (Å²) in [6.07, 6.45) is 5.06. The highest BCUT2D eigenvalue weighted by Crippen LogP contribution is 2.20. The Hall–Kier alpha value is -5.12. The lowest BCUT2D eigenvalue weighted by Gasteiger charge is -2.10. The van der Waals surface area contributed by atoms with E-state index >= 15 is 0 Å². The fourth-order valence-corrected chi connectivity index (χ4v) is 3.59. The van der Waals surface area contributed by atoms with Gasteiger partial charge in [-0.15, -0.1) is 0 Å². The number of benzene rings is 2. The number of rotatable bonds is 10. The molecule has 10 nitrogen and oxygen atoms in total. The highest BCUT2D eigenvalue weighted by molar-refractivity contribution is 5.97. The first-order chi connectivity index (χ1) is 18.5. The summed E-state index contributed by atoms with van der Waals surface area (Å²) in [7, 11) is 0. The summed E-state index contributed by atoms with van der Waals surface area (Å²) in [4.78, 5) is 49.8. The first-order valence-electron chi connectivity index (χ1n) is 12.0. The van der Waals surface area contributed by atoms with Crippen LogP contribution in [0.1, 0.15) is 43.2 Å². The van der Waals surface area contributed by atoms with Gasteiger partial charge in [0.1, 0.15) is 0 Å². The fourth-order valence-electron chi connectivity index (χ4n) is 3.59. The maximum absolute atomic E-state index is 12.7. The lowest BCUT2D eigenvalue weighted by atomic mass is 10.1. The molecule has 0 fully saturated rings. The smallest absolute Gasteiger partial charge is 0.273 e. The molecule has 0 saturated carbocycles. The first-order valence-corrected chi connectivity index (χ1v) is 12.0. The number of aromatic nitrogens is 3. The number of nitrogens with one attached hydrogen (secondary N) is 3. The third kappa shape index (κ3) is 6.97. The van der Waals surface area contributed by atoms with Gasteiger partial charge >= 0.3 is 0 Å². The van der Waals surface area contributed by atoms with E-state index in [-0.39, 0.29) is 23.3 Å². The Balaban J connectivity index is 1.33. The molecule has 0 unspecified atom stereocenters.